The Morgan fingerprint density at radius 1 is 0.863 bits per heavy atom. The summed E-state index contributed by atoms with van der Waals surface area (Å²) in [6, 6.07) is 9.97. The third-order valence-corrected chi connectivity index (χ3v) is 29.3. The van der Waals surface area contributed by atoms with Gasteiger partial charge in [-0.2, -0.15) is 0 Å². The van der Waals surface area contributed by atoms with E-state index in [1.165, 1.54) is 35.5 Å². The van der Waals surface area contributed by atoms with Crippen molar-refractivity contribution in [3.8, 4) is 11.8 Å². The molecule has 504 valence electrons. The number of aromatic nitrogens is 2. The van der Waals surface area contributed by atoms with Crippen LogP contribution in [0.2, 0.25) is 0 Å². The van der Waals surface area contributed by atoms with Crippen molar-refractivity contribution in [2.75, 3.05) is 25.6 Å². The van der Waals surface area contributed by atoms with Gasteiger partial charge in [-0.05, 0) is 221 Å². The second-order valence-corrected chi connectivity index (χ2v) is 33.7. The number of rotatable bonds is 13. The van der Waals surface area contributed by atoms with Crippen LogP contribution in [-0.4, -0.2) is 103 Å². The normalized spacial score (nSPS) is 38.9. The molecular formula is C78H96N6O9S2. The maximum Gasteiger partial charge on any atom is 0.340 e. The van der Waals surface area contributed by atoms with Gasteiger partial charge < -0.3 is 40.4 Å². The number of aliphatic hydroxyl groups is 3. The number of aromatic amines is 1. The van der Waals surface area contributed by atoms with Crippen LogP contribution in [0.15, 0.2) is 124 Å². The number of aliphatic hydroxyl groups excluding tert-OH is 3. The number of amides is 2. The summed E-state index contributed by atoms with van der Waals surface area (Å²) < 4.78 is 13.9. The SMILES string of the molecule is CCC1(C2=C3OC(=O)C4=C3[C@@H](CC2)C[C@H]2[C@@H]3CC[C@@]5(C6=C3[C@H](CN3C(=O)C=CC3=O)C3=CCNC(=C3)NCSS[C@H](N[C@H]3CC[C@@H]7CCC[C@H](Cc8cnc[nH]8)[C@H]7[C@@H]3O)[C@H]([C@H]3CC[C@H]7C[C@@H](CO)C[C@H]([C@H](O)Cc8ccccc8)C#CC[C@H]3C7)C/C=C/5OC6=O)[C@@H]42)CCCC1. The van der Waals surface area contributed by atoms with Crippen molar-refractivity contribution in [2.45, 2.75) is 185 Å². The average molecular weight is 1330 g/mol. The fourth-order valence-electron chi connectivity index (χ4n) is 22.6. The first-order chi connectivity index (χ1) is 46.4. The van der Waals surface area contributed by atoms with Crippen molar-refractivity contribution < 1.29 is 44.0 Å². The van der Waals surface area contributed by atoms with Crippen molar-refractivity contribution in [1.82, 2.24) is 30.8 Å². The predicted octanol–water partition coefficient (Wildman–Crippen LogP) is 11.6. The minimum Gasteiger partial charge on any atom is -0.427 e. The van der Waals surface area contributed by atoms with Crippen molar-refractivity contribution in [3.63, 3.8) is 0 Å². The molecule has 1 aromatic heterocycles. The fraction of sp³-hybridized carbons (Fsp3) is 0.628. The van der Waals surface area contributed by atoms with Crippen LogP contribution in [-0.2, 0) is 41.5 Å². The summed E-state index contributed by atoms with van der Waals surface area (Å²) in [6.45, 7) is 2.92. The lowest BCUT2D eigenvalue weighted by Crippen LogP contribution is -2.56. The Bertz CT molecular complexity index is 3610. The largest absolute Gasteiger partial charge is 0.427 e. The first kappa shape index (κ1) is 64.1. The second-order valence-electron chi connectivity index (χ2n) is 31.2. The highest BCUT2D eigenvalue weighted by molar-refractivity contribution is 8.76. The first-order valence-corrected chi connectivity index (χ1v) is 39.1. The number of benzene rings is 1. The Balaban J connectivity index is 0.843. The molecule has 15 aliphatic rings. The van der Waals surface area contributed by atoms with Crippen LogP contribution in [0.4, 0.5) is 0 Å². The molecule has 5 aliphatic heterocycles. The molecule has 5 saturated carbocycles. The van der Waals surface area contributed by atoms with Gasteiger partial charge in [0.05, 0.1) is 46.6 Å². The molecule has 1 spiro atoms. The van der Waals surface area contributed by atoms with Gasteiger partial charge in [-0.3, -0.25) is 19.8 Å². The Morgan fingerprint density at radius 2 is 1.72 bits per heavy atom. The number of H-pyrrole nitrogens is 1. The molecule has 19 atom stereocenters. The number of allylic oxidation sites excluding steroid dienone is 5. The lowest BCUT2D eigenvalue weighted by molar-refractivity contribution is -0.138. The van der Waals surface area contributed by atoms with E-state index in [9.17, 15) is 24.9 Å². The Labute approximate surface area is 568 Å². The number of carbonyl (C=O) groups excluding carboxylic acids is 4. The lowest BCUT2D eigenvalue weighted by atomic mass is 9.42. The Kier molecular flexibility index (Phi) is 17.9. The highest BCUT2D eigenvalue weighted by Crippen LogP contribution is 2.73. The number of hydrogen-bond donors (Lipinski definition) is 7. The monoisotopic (exact) mass is 1320 g/mol. The summed E-state index contributed by atoms with van der Waals surface area (Å²) in [6.07, 6.45) is 33.6. The molecule has 0 unspecified atom stereocenters. The van der Waals surface area contributed by atoms with Gasteiger partial charge in [0.1, 0.15) is 11.5 Å². The van der Waals surface area contributed by atoms with Crippen LogP contribution in [0.3, 0.4) is 0 Å². The molecule has 0 radical (unpaired) electrons. The van der Waals surface area contributed by atoms with Crippen LogP contribution in [0.25, 0.3) is 0 Å². The number of hydrogen-bond acceptors (Lipinski definition) is 15. The van der Waals surface area contributed by atoms with E-state index in [1.807, 2.05) is 35.2 Å². The van der Waals surface area contributed by atoms with Gasteiger partial charge in [0.2, 0.25) is 0 Å². The molecule has 6 fully saturated rings. The number of nitrogens with one attached hydrogen (secondary N) is 4. The van der Waals surface area contributed by atoms with Crippen LogP contribution in [0, 0.1) is 106 Å². The number of dihydropyridines is 1. The molecular weight excluding hydrogens is 1230 g/mol. The maximum atomic E-state index is 16.0. The Morgan fingerprint density at radius 3 is 2.53 bits per heavy atom. The molecule has 2 aromatic rings. The number of nitrogens with zero attached hydrogens (tertiary/aromatic N) is 2. The molecule has 1 aromatic carbocycles. The molecule has 2 amide bonds. The van der Waals surface area contributed by atoms with Gasteiger partial charge in [-0.25, -0.2) is 14.6 Å². The number of imide groups is 1. The molecule has 10 aliphatic carbocycles. The molecule has 7 N–H and O–H groups in total. The Hall–Kier alpha value is -5.61. The van der Waals surface area contributed by atoms with Crippen molar-refractivity contribution in [3.05, 3.63) is 135 Å². The van der Waals surface area contributed by atoms with E-state index < -0.39 is 29.5 Å². The number of imidazole rings is 1. The van der Waals surface area contributed by atoms with E-state index in [-0.39, 0.29) is 107 Å². The minimum absolute atomic E-state index is 0.00559. The summed E-state index contributed by atoms with van der Waals surface area (Å²) in [4.78, 5) is 68.4. The van der Waals surface area contributed by atoms with Crippen molar-refractivity contribution in [2.24, 2.45) is 93.7 Å². The number of carbonyl (C=O) groups is 4. The van der Waals surface area contributed by atoms with E-state index in [4.69, 9.17) is 9.47 Å². The summed E-state index contributed by atoms with van der Waals surface area (Å²) in [5.41, 5.74) is 6.84. The predicted molar refractivity (Wildman–Crippen MR) is 366 cm³/mol. The van der Waals surface area contributed by atoms with Crippen LogP contribution in [0.1, 0.15) is 159 Å². The standard InChI is InChI=1S/C78H96N6O9S2/c1-2-77(28-6-7-29-77)59-21-17-52-37-57-55-26-30-78(70(57)69-67(52)73(59)93-75(69)90)62-23-20-56(54-19-16-45-32-46(41-85)34-50(14-9-13-48(54)33-45)61(86)35-44-10-4-3-5-11-44)74(83-60-22-18-47-12-8-15-51(66(47)72(60)89)36-53-39-79-42-81-53)95-94-43-82-63-38-49(27-31-80-63)58(68(55)71(78)76(91)92-62)40-84-64(87)24-25-65(84)88/h3-5,10-11,23-25,27,38-39,42,45-48,50-52,54-58,60-61,66,70,72,74,80,82-83,85-86,89H,2,6-8,12-13,15-22,26,28-37,40-41,43H2,1H3,(H,79,81)/b62-23-/t45-,46+,47-,48-,50+,51+,52-,54-,55-,56-,57-,58+,60-,61+,66-,70+,72+,74-,78-/m0/s1. The zero-order valence-corrected chi connectivity index (χ0v) is 56.8. The molecule has 9 bridgehead atoms. The number of ether oxygens (including phenoxy) is 2. The summed E-state index contributed by atoms with van der Waals surface area (Å²) in [7, 11) is 3.61. The van der Waals surface area contributed by atoms with Crippen molar-refractivity contribution in [1.29, 1.82) is 0 Å². The quantitative estimate of drug-likeness (QED) is 0.0430. The van der Waals surface area contributed by atoms with E-state index >= 15 is 9.59 Å². The van der Waals surface area contributed by atoms with Crippen LogP contribution in [0.5, 0.6) is 0 Å². The van der Waals surface area contributed by atoms with Crippen LogP contribution < -0.4 is 16.0 Å². The summed E-state index contributed by atoms with van der Waals surface area (Å²) >= 11 is 0. The number of fused-ring (bicyclic) bond motifs is 5. The number of esters is 2. The average Bonchev–Trinajstić information content (AvgIpc) is 1.59. The van der Waals surface area contributed by atoms with Gasteiger partial charge in [0.25, 0.3) is 11.8 Å². The van der Waals surface area contributed by atoms with Gasteiger partial charge in [0.15, 0.2) is 0 Å². The van der Waals surface area contributed by atoms with E-state index in [0.717, 1.165) is 154 Å². The molecule has 6 heterocycles. The molecule has 15 nitrogen and oxygen atoms in total. The highest BCUT2D eigenvalue weighted by atomic mass is 33.1. The van der Waals surface area contributed by atoms with Gasteiger partial charge in [-0.1, -0.05) is 103 Å². The zero-order chi connectivity index (χ0) is 64.7. The highest BCUT2D eigenvalue weighted by Gasteiger charge is 2.70. The van der Waals surface area contributed by atoms with E-state index in [1.54, 1.807) is 17.1 Å². The smallest absolute Gasteiger partial charge is 0.340 e. The molecule has 17 heteroatoms. The topological polar surface area (TPSA) is 215 Å². The second kappa shape index (κ2) is 26.6. The molecule has 17 rings (SSSR count). The molecule has 95 heavy (non-hydrogen) atoms. The third-order valence-electron chi connectivity index (χ3n) is 26.8. The minimum atomic E-state index is -1.03. The lowest BCUT2D eigenvalue weighted by Gasteiger charge is -2.58. The fourth-order valence-corrected chi connectivity index (χ4v) is 25.1. The first-order valence-electron chi connectivity index (χ1n) is 36.7. The van der Waals surface area contributed by atoms with Gasteiger partial charge in [0, 0.05) is 85.1 Å². The zero-order valence-electron chi connectivity index (χ0n) is 55.1. The summed E-state index contributed by atoms with van der Waals surface area (Å²) in [5.74, 6) is 9.11. The van der Waals surface area contributed by atoms with Crippen molar-refractivity contribution >= 4 is 45.3 Å². The maximum absolute atomic E-state index is 16.0. The van der Waals surface area contributed by atoms with Crippen LogP contribution >= 0.6 is 21.6 Å². The molecule has 1 saturated heterocycles. The van der Waals surface area contributed by atoms with Gasteiger partial charge >= 0.3 is 11.9 Å². The van der Waals surface area contributed by atoms with Gasteiger partial charge in [-0.15, -0.1) is 5.92 Å². The van der Waals surface area contributed by atoms with E-state index in [2.05, 4.69) is 75.0 Å². The third kappa shape index (κ3) is 11.5. The summed E-state index contributed by atoms with van der Waals surface area (Å²) in [5, 5.41) is 47.8. The van der Waals surface area contributed by atoms with E-state index in [0.29, 0.717) is 73.6 Å².